The van der Waals surface area contributed by atoms with Gasteiger partial charge in [0.2, 0.25) is 0 Å². The molecule has 0 spiro atoms. The largest absolute Gasteiger partial charge is 0.370 e. The van der Waals surface area contributed by atoms with Gasteiger partial charge in [0.1, 0.15) is 5.82 Å². The highest BCUT2D eigenvalue weighted by atomic mass is 15.3. The smallest absolute Gasteiger partial charge is 0.125 e. The van der Waals surface area contributed by atoms with E-state index in [9.17, 15) is 0 Å². The Hall–Kier alpha value is -1.88. The summed E-state index contributed by atoms with van der Waals surface area (Å²) in [5.74, 6) is 3.45. The van der Waals surface area contributed by atoms with Crippen LogP contribution in [0.15, 0.2) is 30.5 Å². The molecule has 0 bridgehead atoms. The normalized spacial score (nSPS) is 26.6. The van der Waals surface area contributed by atoms with E-state index in [1.165, 1.54) is 38.0 Å². The third kappa shape index (κ3) is 3.71. The quantitative estimate of drug-likeness (QED) is 0.909. The van der Waals surface area contributed by atoms with Gasteiger partial charge in [-0.25, -0.2) is 4.98 Å². The second kappa shape index (κ2) is 7.16. The number of hydrogen-bond donors (Lipinski definition) is 1. The lowest BCUT2D eigenvalue weighted by Gasteiger charge is -2.33. The van der Waals surface area contributed by atoms with Crippen molar-refractivity contribution in [2.45, 2.75) is 32.7 Å². The van der Waals surface area contributed by atoms with E-state index in [0.717, 1.165) is 42.4 Å². The monoisotopic (exact) mass is 339 g/mol. The van der Waals surface area contributed by atoms with Gasteiger partial charge in [-0.05, 0) is 55.7 Å². The molecule has 4 rings (SSSR count). The number of aryl methyl sites for hydroxylation is 2. The van der Waals surface area contributed by atoms with Crippen LogP contribution in [0.2, 0.25) is 0 Å². The van der Waals surface area contributed by atoms with Crippen LogP contribution in [0.4, 0.5) is 5.82 Å². The zero-order valence-electron chi connectivity index (χ0n) is 15.4. The lowest BCUT2D eigenvalue weighted by atomic mass is 9.74. The Morgan fingerprint density at radius 2 is 2.16 bits per heavy atom. The number of hydrogen-bond acceptors (Lipinski definition) is 4. The molecule has 5 nitrogen and oxygen atoms in total. The molecule has 0 amide bonds. The van der Waals surface area contributed by atoms with E-state index in [1.807, 2.05) is 23.0 Å². The molecule has 5 heteroatoms. The maximum Gasteiger partial charge on any atom is 0.125 e. The number of fused-ring (bicyclic) bond motifs is 1. The van der Waals surface area contributed by atoms with Crippen molar-refractivity contribution in [3.63, 3.8) is 0 Å². The average Bonchev–Trinajstić information content (AvgIpc) is 3.16. The first-order valence-corrected chi connectivity index (χ1v) is 9.56. The Balaban J connectivity index is 1.37. The van der Waals surface area contributed by atoms with Crippen molar-refractivity contribution in [1.82, 2.24) is 19.7 Å². The van der Waals surface area contributed by atoms with Crippen molar-refractivity contribution in [2.24, 2.45) is 24.8 Å². The molecule has 3 heterocycles. The first-order valence-electron chi connectivity index (χ1n) is 9.56. The number of aromatic nitrogens is 3. The van der Waals surface area contributed by atoms with Crippen LogP contribution in [-0.2, 0) is 13.6 Å². The van der Waals surface area contributed by atoms with Gasteiger partial charge in [-0.1, -0.05) is 12.5 Å². The van der Waals surface area contributed by atoms with Crippen LogP contribution in [0.25, 0.3) is 0 Å². The van der Waals surface area contributed by atoms with Crippen molar-refractivity contribution in [2.75, 3.05) is 25.0 Å². The maximum atomic E-state index is 4.49. The van der Waals surface area contributed by atoms with Crippen molar-refractivity contribution in [1.29, 1.82) is 0 Å². The Labute approximate surface area is 150 Å². The molecule has 2 aliphatic rings. The Morgan fingerprint density at radius 1 is 1.24 bits per heavy atom. The van der Waals surface area contributed by atoms with Crippen molar-refractivity contribution in [3.05, 3.63) is 41.9 Å². The molecular weight excluding hydrogens is 310 g/mol. The Morgan fingerprint density at radius 3 is 2.92 bits per heavy atom. The second-order valence-electron chi connectivity index (χ2n) is 7.81. The van der Waals surface area contributed by atoms with E-state index < -0.39 is 0 Å². The van der Waals surface area contributed by atoms with Crippen LogP contribution in [0, 0.1) is 24.7 Å². The summed E-state index contributed by atoms with van der Waals surface area (Å²) < 4.78 is 2.04. The maximum absolute atomic E-state index is 4.49. The minimum absolute atomic E-state index is 0.763. The summed E-state index contributed by atoms with van der Waals surface area (Å²) in [6, 6.07) is 8.30. The summed E-state index contributed by atoms with van der Waals surface area (Å²) in [7, 11) is 2.06. The topological polar surface area (TPSA) is 46.0 Å². The van der Waals surface area contributed by atoms with E-state index in [2.05, 4.69) is 46.4 Å². The highest BCUT2D eigenvalue weighted by Gasteiger charge is 2.40. The van der Waals surface area contributed by atoms with Crippen LogP contribution >= 0.6 is 0 Å². The van der Waals surface area contributed by atoms with Crippen LogP contribution in [0.5, 0.6) is 0 Å². The number of nitrogens with one attached hydrogen (secondary N) is 1. The molecular formula is C20H29N5. The molecule has 0 unspecified atom stereocenters. The molecule has 25 heavy (non-hydrogen) atoms. The van der Waals surface area contributed by atoms with E-state index in [0.29, 0.717) is 0 Å². The second-order valence-corrected chi connectivity index (χ2v) is 7.81. The molecule has 134 valence electrons. The van der Waals surface area contributed by atoms with Crippen molar-refractivity contribution < 1.29 is 0 Å². The first kappa shape index (κ1) is 16.6. The SMILES string of the molecule is Cc1cc(CN2C[C@@H]3CCC[C@H](CNc4ccccn4)[C@@H]3C2)n(C)n1. The highest BCUT2D eigenvalue weighted by Crippen LogP contribution is 2.40. The zero-order chi connectivity index (χ0) is 17.2. The summed E-state index contributed by atoms with van der Waals surface area (Å²) in [6.07, 6.45) is 5.97. The van der Waals surface area contributed by atoms with Crippen LogP contribution < -0.4 is 5.32 Å². The molecule has 1 saturated carbocycles. The first-order chi connectivity index (χ1) is 12.2. The lowest BCUT2D eigenvalue weighted by molar-refractivity contribution is 0.207. The van der Waals surface area contributed by atoms with Gasteiger partial charge in [0, 0.05) is 39.4 Å². The fourth-order valence-electron chi connectivity index (χ4n) is 4.81. The molecule has 2 fully saturated rings. The number of anilines is 1. The van der Waals surface area contributed by atoms with E-state index >= 15 is 0 Å². The minimum atomic E-state index is 0.763. The van der Waals surface area contributed by atoms with Crippen molar-refractivity contribution in [3.8, 4) is 0 Å². The van der Waals surface area contributed by atoms with E-state index in [1.54, 1.807) is 0 Å². The highest BCUT2D eigenvalue weighted by molar-refractivity contribution is 5.33. The van der Waals surface area contributed by atoms with Gasteiger partial charge in [-0.15, -0.1) is 0 Å². The predicted octanol–water partition coefficient (Wildman–Crippen LogP) is 3.08. The van der Waals surface area contributed by atoms with E-state index in [-0.39, 0.29) is 0 Å². The molecule has 0 aromatic carbocycles. The Kier molecular flexibility index (Phi) is 4.75. The minimum Gasteiger partial charge on any atom is -0.370 e. The molecule has 3 atom stereocenters. The number of nitrogens with zero attached hydrogens (tertiary/aromatic N) is 4. The van der Waals surface area contributed by atoms with Crippen LogP contribution in [0.3, 0.4) is 0 Å². The summed E-state index contributed by atoms with van der Waals surface area (Å²) in [6.45, 7) is 6.63. The van der Waals surface area contributed by atoms with Crippen molar-refractivity contribution >= 4 is 5.82 Å². The van der Waals surface area contributed by atoms with Gasteiger partial charge in [-0.3, -0.25) is 9.58 Å². The van der Waals surface area contributed by atoms with Gasteiger partial charge >= 0.3 is 0 Å². The summed E-state index contributed by atoms with van der Waals surface area (Å²) in [5.41, 5.74) is 2.45. The Bertz CT molecular complexity index is 695. The fraction of sp³-hybridized carbons (Fsp3) is 0.600. The molecule has 1 aliphatic carbocycles. The van der Waals surface area contributed by atoms with E-state index in [4.69, 9.17) is 0 Å². The fourth-order valence-corrected chi connectivity index (χ4v) is 4.81. The molecule has 1 aliphatic heterocycles. The number of likely N-dealkylation sites (tertiary alicyclic amines) is 1. The van der Waals surface area contributed by atoms with Gasteiger partial charge < -0.3 is 5.32 Å². The van der Waals surface area contributed by atoms with Gasteiger partial charge in [0.15, 0.2) is 0 Å². The summed E-state index contributed by atoms with van der Waals surface area (Å²) in [5, 5.41) is 8.06. The summed E-state index contributed by atoms with van der Waals surface area (Å²) >= 11 is 0. The molecule has 0 radical (unpaired) electrons. The summed E-state index contributed by atoms with van der Waals surface area (Å²) in [4.78, 5) is 7.04. The van der Waals surface area contributed by atoms with Crippen LogP contribution in [-0.4, -0.2) is 39.3 Å². The van der Waals surface area contributed by atoms with Gasteiger partial charge in [-0.2, -0.15) is 5.10 Å². The molecule has 1 saturated heterocycles. The van der Waals surface area contributed by atoms with Crippen LogP contribution in [0.1, 0.15) is 30.7 Å². The third-order valence-electron chi connectivity index (χ3n) is 6.02. The number of pyridine rings is 1. The standard InChI is InChI=1S/C20H29N5/c1-15-10-18(24(2)23-15)13-25-12-17-7-5-6-16(19(17)14-25)11-22-20-8-3-4-9-21-20/h3-4,8-10,16-17,19H,5-7,11-14H2,1-2H3,(H,21,22)/t16-,17+,19+/m1/s1. The van der Waals surface area contributed by atoms with Gasteiger partial charge in [0.05, 0.1) is 11.4 Å². The molecule has 1 N–H and O–H groups in total. The predicted molar refractivity (Wildman–Crippen MR) is 100 cm³/mol. The third-order valence-corrected chi connectivity index (χ3v) is 6.02. The van der Waals surface area contributed by atoms with Gasteiger partial charge in [0.25, 0.3) is 0 Å². The number of rotatable bonds is 5. The molecule has 2 aromatic heterocycles. The lowest BCUT2D eigenvalue weighted by Crippen LogP contribution is -2.32. The molecule has 2 aromatic rings. The zero-order valence-corrected chi connectivity index (χ0v) is 15.4. The average molecular weight is 339 g/mol.